The maximum Gasteiger partial charge on any atom is 0.346 e. The molecule has 2 heterocycles. The van der Waals surface area contributed by atoms with E-state index in [1.54, 1.807) is 23.0 Å². The summed E-state index contributed by atoms with van der Waals surface area (Å²) in [6.07, 6.45) is 5.30. The molecule has 0 aliphatic heterocycles. The van der Waals surface area contributed by atoms with E-state index in [-0.39, 0.29) is 24.2 Å². The Bertz CT molecular complexity index is 700. The Morgan fingerprint density at radius 2 is 2.29 bits per heavy atom. The number of carbonyl (C=O) groups excluding carboxylic acids is 1. The number of hydrogen-bond donors (Lipinski definition) is 1. The van der Waals surface area contributed by atoms with Crippen LogP contribution in [0.5, 0.6) is 0 Å². The second-order valence-corrected chi connectivity index (χ2v) is 5.06. The molecule has 2 aromatic heterocycles. The lowest BCUT2D eigenvalue weighted by Crippen LogP contribution is -2.33. The van der Waals surface area contributed by atoms with E-state index in [1.807, 2.05) is 13.0 Å². The fourth-order valence-electron chi connectivity index (χ4n) is 2.27. The molecule has 0 spiro atoms. The van der Waals surface area contributed by atoms with Gasteiger partial charge in [-0.05, 0) is 31.9 Å². The van der Waals surface area contributed by atoms with Crippen LogP contribution in [0.1, 0.15) is 25.8 Å². The van der Waals surface area contributed by atoms with Crippen molar-refractivity contribution in [3.05, 3.63) is 35.0 Å². The van der Waals surface area contributed by atoms with E-state index in [0.29, 0.717) is 12.4 Å². The Morgan fingerprint density at radius 3 is 2.90 bits per heavy atom. The zero-order valence-electron chi connectivity index (χ0n) is 11.8. The summed E-state index contributed by atoms with van der Waals surface area (Å²) >= 11 is 0. The molecule has 0 aromatic carbocycles. The van der Waals surface area contributed by atoms with Gasteiger partial charge in [-0.15, -0.1) is 5.10 Å². The molecule has 1 aliphatic rings. The summed E-state index contributed by atoms with van der Waals surface area (Å²) in [5, 5.41) is 7.00. The number of carbonyl (C=O) groups is 1. The molecule has 3 rings (SSSR count). The number of aromatic nitrogens is 4. The summed E-state index contributed by atoms with van der Waals surface area (Å²) in [5.41, 5.74) is 0.554. The lowest BCUT2D eigenvalue weighted by molar-refractivity contribution is -0.121. The van der Waals surface area contributed by atoms with Crippen LogP contribution in [0.3, 0.4) is 0 Å². The molecule has 1 aliphatic carbocycles. The van der Waals surface area contributed by atoms with Gasteiger partial charge in [-0.3, -0.25) is 14.3 Å². The first kappa shape index (κ1) is 13.5. The molecular formula is C14H17N5O2. The minimum atomic E-state index is -0.234. The van der Waals surface area contributed by atoms with Crippen LogP contribution in [-0.4, -0.2) is 31.8 Å². The Balaban J connectivity index is 2.00. The molecule has 21 heavy (non-hydrogen) atoms. The third-order valence-corrected chi connectivity index (χ3v) is 3.37. The maximum atomic E-state index is 12.4. The van der Waals surface area contributed by atoms with E-state index in [9.17, 15) is 9.59 Å². The van der Waals surface area contributed by atoms with Crippen molar-refractivity contribution >= 4 is 5.91 Å². The zero-order valence-corrected chi connectivity index (χ0v) is 11.8. The Morgan fingerprint density at radius 1 is 1.48 bits per heavy atom. The Kier molecular flexibility index (Phi) is 3.55. The molecule has 1 saturated carbocycles. The first-order chi connectivity index (χ1) is 10.2. The van der Waals surface area contributed by atoms with Crippen molar-refractivity contribution in [1.29, 1.82) is 0 Å². The van der Waals surface area contributed by atoms with Crippen molar-refractivity contribution in [3.8, 4) is 11.4 Å². The third-order valence-electron chi connectivity index (χ3n) is 3.37. The van der Waals surface area contributed by atoms with Crippen LogP contribution >= 0.6 is 0 Å². The predicted molar refractivity (Wildman–Crippen MR) is 76.7 cm³/mol. The van der Waals surface area contributed by atoms with Crippen molar-refractivity contribution in [1.82, 2.24) is 24.6 Å². The third kappa shape index (κ3) is 2.72. The number of rotatable bonds is 5. The van der Waals surface area contributed by atoms with Crippen molar-refractivity contribution in [2.24, 2.45) is 0 Å². The molecule has 0 bridgehead atoms. The molecule has 1 amide bonds. The summed E-state index contributed by atoms with van der Waals surface area (Å²) in [7, 11) is 0. The minimum Gasteiger partial charge on any atom is -0.355 e. The first-order valence-electron chi connectivity index (χ1n) is 7.07. The monoisotopic (exact) mass is 287 g/mol. The predicted octanol–water partition coefficient (Wildman–Crippen LogP) is 0.578. The molecule has 1 fully saturated rings. The van der Waals surface area contributed by atoms with Gasteiger partial charge in [0.25, 0.3) is 0 Å². The van der Waals surface area contributed by atoms with E-state index in [4.69, 9.17) is 0 Å². The first-order valence-corrected chi connectivity index (χ1v) is 7.07. The molecule has 1 N–H and O–H groups in total. The second kappa shape index (κ2) is 5.51. The van der Waals surface area contributed by atoms with Gasteiger partial charge in [-0.25, -0.2) is 9.48 Å². The number of amides is 1. The highest BCUT2D eigenvalue weighted by atomic mass is 16.2. The van der Waals surface area contributed by atoms with Gasteiger partial charge in [0.15, 0.2) is 5.82 Å². The van der Waals surface area contributed by atoms with Crippen molar-refractivity contribution in [3.63, 3.8) is 0 Å². The molecule has 110 valence electrons. The SMILES string of the molecule is CCNC(=O)Cn1nc(-c2cccnc2)n(C2CC2)c1=O. The number of hydrogen-bond acceptors (Lipinski definition) is 4. The van der Waals surface area contributed by atoms with Gasteiger partial charge in [0.05, 0.1) is 0 Å². The normalized spacial score (nSPS) is 14.1. The molecule has 0 unspecified atom stereocenters. The minimum absolute atomic E-state index is 0.0559. The van der Waals surface area contributed by atoms with Crippen molar-refractivity contribution < 1.29 is 4.79 Å². The van der Waals surface area contributed by atoms with Gasteiger partial charge < -0.3 is 5.32 Å². The van der Waals surface area contributed by atoms with Crippen LogP contribution < -0.4 is 11.0 Å². The Hall–Kier alpha value is -2.44. The number of nitrogens with one attached hydrogen (secondary N) is 1. The van der Waals surface area contributed by atoms with Crippen LogP contribution in [0.2, 0.25) is 0 Å². The van der Waals surface area contributed by atoms with Crippen LogP contribution in [0.25, 0.3) is 11.4 Å². The van der Waals surface area contributed by atoms with E-state index >= 15 is 0 Å². The highest BCUT2D eigenvalue weighted by Gasteiger charge is 2.30. The van der Waals surface area contributed by atoms with Crippen LogP contribution in [0, 0.1) is 0 Å². The summed E-state index contributed by atoms with van der Waals surface area (Å²) in [4.78, 5) is 28.2. The van der Waals surface area contributed by atoms with E-state index in [2.05, 4.69) is 15.4 Å². The molecule has 2 aromatic rings. The molecule has 7 heteroatoms. The molecular weight excluding hydrogens is 270 g/mol. The standard InChI is InChI=1S/C14H17N5O2/c1-2-16-12(20)9-18-14(21)19(11-5-6-11)13(17-18)10-4-3-7-15-8-10/h3-4,7-8,11H,2,5-6,9H2,1H3,(H,16,20). The largest absolute Gasteiger partial charge is 0.355 e. The zero-order chi connectivity index (χ0) is 14.8. The van der Waals surface area contributed by atoms with Crippen molar-refractivity contribution in [2.75, 3.05) is 6.54 Å². The van der Waals surface area contributed by atoms with Gasteiger partial charge >= 0.3 is 5.69 Å². The van der Waals surface area contributed by atoms with Crippen molar-refractivity contribution in [2.45, 2.75) is 32.4 Å². The fourth-order valence-corrected chi connectivity index (χ4v) is 2.27. The van der Waals surface area contributed by atoms with Gasteiger partial charge in [0, 0.05) is 30.5 Å². The van der Waals surface area contributed by atoms with Crippen LogP contribution in [-0.2, 0) is 11.3 Å². The van der Waals surface area contributed by atoms with Gasteiger partial charge in [-0.1, -0.05) is 0 Å². The second-order valence-electron chi connectivity index (χ2n) is 5.06. The number of pyridine rings is 1. The molecule has 0 saturated heterocycles. The maximum absolute atomic E-state index is 12.4. The highest BCUT2D eigenvalue weighted by Crippen LogP contribution is 2.36. The lowest BCUT2D eigenvalue weighted by Gasteiger charge is -2.02. The summed E-state index contributed by atoms with van der Waals surface area (Å²) in [5.74, 6) is 0.373. The van der Waals surface area contributed by atoms with Gasteiger partial charge in [0.1, 0.15) is 6.54 Å². The lowest BCUT2D eigenvalue weighted by atomic mass is 10.3. The van der Waals surface area contributed by atoms with Gasteiger partial charge in [0.2, 0.25) is 5.91 Å². The van der Waals surface area contributed by atoms with E-state index in [0.717, 1.165) is 18.4 Å². The Labute approximate surface area is 121 Å². The molecule has 0 radical (unpaired) electrons. The molecule has 7 nitrogen and oxygen atoms in total. The quantitative estimate of drug-likeness (QED) is 0.872. The topological polar surface area (TPSA) is 81.8 Å². The van der Waals surface area contributed by atoms with E-state index < -0.39 is 0 Å². The number of nitrogens with zero attached hydrogens (tertiary/aromatic N) is 4. The summed E-state index contributed by atoms with van der Waals surface area (Å²) in [6, 6.07) is 3.86. The summed E-state index contributed by atoms with van der Waals surface area (Å²) in [6.45, 7) is 2.32. The molecule has 0 atom stereocenters. The summed E-state index contributed by atoms with van der Waals surface area (Å²) < 4.78 is 2.90. The smallest absolute Gasteiger partial charge is 0.346 e. The average Bonchev–Trinajstić information content (AvgIpc) is 3.26. The van der Waals surface area contributed by atoms with Crippen LogP contribution in [0.15, 0.2) is 29.3 Å². The number of likely N-dealkylation sites (N-methyl/N-ethyl adjacent to an activating group) is 1. The average molecular weight is 287 g/mol. The van der Waals surface area contributed by atoms with Gasteiger partial charge in [-0.2, -0.15) is 0 Å². The highest BCUT2D eigenvalue weighted by molar-refractivity contribution is 5.75. The van der Waals surface area contributed by atoms with Crippen LogP contribution in [0.4, 0.5) is 0 Å². The van der Waals surface area contributed by atoms with E-state index in [1.165, 1.54) is 4.68 Å². The fraction of sp³-hybridized carbons (Fsp3) is 0.429.